The molecule has 0 aliphatic carbocycles. The molecule has 0 aromatic carbocycles. The number of carbonyl (C=O) groups is 1. The molecule has 9 heteroatoms. The van der Waals surface area contributed by atoms with Gasteiger partial charge in [-0.05, 0) is 6.07 Å². The van der Waals surface area contributed by atoms with Crippen molar-refractivity contribution in [3.8, 4) is 5.75 Å². The molecule has 0 radical (unpaired) electrons. The molecule has 1 aromatic rings. The maximum Gasteiger partial charge on any atom is 0.255 e. The Labute approximate surface area is 129 Å². The van der Waals surface area contributed by atoms with Crippen LogP contribution in [0.15, 0.2) is 18.5 Å². The van der Waals surface area contributed by atoms with E-state index in [0.717, 1.165) is 4.31 Å². The number of sulfonamides is 1. The first-order chi connectivity index (χ1) is 10.2. The quantitative estimate of drug-likeness (QED) is 0.741. The topological polar surface area (TPSA) is 111 Å². The molecule has 2 heterocycles. The van der Waals surface area contributed by atoms with E-state index < -0.39 is 28.0 Å². The van der Waals surface area contributed by atoms with Gasteiger partial charge in [-0.15, -0.1) is 0 Å². The summed E-state index contributed by atoms with van der Waals surface area (Å²) in [6.45, 7) is 0.199. The summed E-state index contributed by atoms with van der Waals surface area (Å²) < 4.78 is 24.9. The molecular weight excluding hydrogens is 310 g/mol. The molecule has 0 unspecified atom stereocenters. The van der Waals surface area contributed by atoms with Gasteiger partial charge < -0.3 is 15.1 Å². The third-order valence-corrected chi connectivity index (χ3v) is 5.61. The van der Waals surface area contributed by atoms with E-state index in [4.69, 9.17) is 0 Å². The van der Waals surface area contributed by atoms with Gasteiger partial charge in [0.05, 0.1) is 23.6 Å². The van der Waals surface area contributed by atoms with Gasteiger partial charge in [0.1, 0.15) is 5.75 Å². The average molecular weight is 329 g/mol. The summed E-state index contributed by atoms with van der Waals surface area (Å²) in [6.07, 6.45) is 1.63. The van der Waals surface area contributed by atoms with Crippen LogP contribution in [0.2, 0.25) is 0 Å². The first kappa shape index (κ1) is 16.7. The van der Waals surface area contributed by atoms with Gasteiger partial charge in [0.15, 0.2) is 0 Å². The second-order valence-electron chi connectivity index (χ2n) is 5.53. The Hall–Kier alpha value is -1.71. The molecule has 1 saturated heterocycles. The number of amides is 1. The number of likely N-dealkylation sites (tertiary alicyclic amines) is 1. The molecule has 1 aliphatic heterocycles. The van der Waals surface area contributed by atoms with Gasteiger partial charge in [-0.2, -0.15) is 0 Å². The Morgan fingerprint density at radius 3 is 2.68 bits per heavy atom. The molecule has 1 aromatic heterocycles. The van der Waals surface area contributed by atoms with E-state index in [1.54, 1.807) is 0 Å². The first-order valence-electron chi connectivity index (χ1n) is 6.72. The van der Waals surface area contributed by atoms with Crippen LogP contribution >= 0.6 is 0 Å². The standard InChI is InChI=1S/C13H19N3O5S/c1-15(2)22(20,21)8-10-6-16(7-12(10)18)13(19)9-3-11(17)5-14-4-9/h3-5,10,12,17-18H,6-8H2,1-2H3/t10-,12+/m0/s1. The maximum absolute atomic E-state index is 12.3. The van der Waals surface area contributed by atoms with E-state index in [-0.39, 0.29) is 30.2 Å². The molecule has 2 N–H and O–H groups in total. The highest BCUT2D eigenvalue weighted by Crippen LogP contribution is 2.22. The Bertz CT molecular complexity index is 661. The second-order valence-corrected chi connectivity index (χ2v) is 7.76. The highest BCUT2D eigenvalue weighted by atomic mass is 32.2. The van der Waals surface area contributed by atoms with Crippen molar-refractivity contribution >= 4 is 15.9 Å². The lowest BCUT2D eigenvalue weighted by Gasteiger charge is -2.18. The number of carbonyl (C=O) groups excluding carboxylic acids is 1. The van der Waals surface area contributed by atoms with E-state index in [1.165, 1.54) is 37.5 Å². The van der Waals surface area contributed by atoms with Crippen LogP contribution in [0.1, 0.15) is 10.4 Å². The van der Waals surface area contributed by atoms with E-state index in [0.29, 0.717) is 0 Å². The van der Waals surface area contributed by atoms with Crippen LogP contribution in [0.5, 0.6) is 5.75 Å². The molecule has 2 atom stereocenters. The molecule has 0 spiro atoms. The summed E-state index contributed by atoms with van der Waals surface area (Å²) >= 11 is 0. The van der Waals surface area contributed by atoms with Crippen LogP contribution in [0, 0.1) is 5.92 Å². The number of aromatic hydroxyl groups is 1. The fraction of sp³-hybridized carbons (Fsp3) is 0.538. The summed E-state index contributed by atoms with van der Waals surface area (Å²) in [5, 5.41) is 19.4. The molecular formula is C13H19N3O5S. The van der Waals surface area contributed by atoms with Crippen molar-refractivity contribution in [1.29, 1.82) is 0 Å². The number of pyridine rings is 1. The van der Waals surface area contributed by atoms with Crippen LogP contribution in [0.3, 0.4) is 0 Å². The van der Waals surface area contributed by atoms with Gasteiger partial charge in [0.2, 0.25) is 10.0 Å². The van der Waals surface area contributed by atoms with Crippen molar-refractivity contribution in [1.82, 2.24) is 14.2 Å². The Morgan fingerprint density at radius 2 is 2.09 bits per heavy atom. The van der Waals surface area contributed by atoms with E-state index >= 15 is 0 Å². The lowest BCUT2D eigenvalue weighted by molar-refractivity contribution is 0.0764. The lowest BCUT2D eigenvalue weighted by atomic mass is 10.1. The minimum atomic E-state index is -3.45. The molecule has 1 fully saturated rings. The molecule has 0 bridgehead atoms. The van der Waals surface area contributed by atoms with Gasteiger partial charge in [0.25, 0.3) is 5.91 Å². The molecule has 1 amide bonds. The predicted octanol–water partition coefficient (Wildman–Crippen LogP) is -0.888. The largest absolute Gasteiger partial charge is 0.506 e. The number of aromatic nitrogens is 1. The number of rotatable bonds is 4. The molecule has 8 nitrogen and oxygen atoms in total. The fourth-order valence-corrected chi connectivity index (χ4v) is 3.50. The Balaban J connectivity index is 2.09. The van der Waals surface area contributed by atoms with Gasteiger partial charge in [0, 0.05) is 39.3 Å². The summed E-state index contributed by atoms with van der Waals surface area (Å²) in [5.74, 6) is -1.28. The van der Waals surface area contributed by atoms with Gasteiger partial charge >= 0.3 is 0 Å². The fourth-order valence-electron chi connectivity index (χ4n) is 2.33. The number of hydrogen-bond donors (Lipinski definition) is 2. The van der Waals surface area contributed by atoms with Gasteiger partial charge in [-0.25, -0.2) is 12.7 Å². The van der Waals surface area contributed by atoms with Crippen molar-refractivity contribution in [3.05, 3.63) is 24.0 Å². The van der Waals surface area contributed by atoms with Gasteiger partial charge in [-0.3, -0.25) is 9.78 Å². The Morgan fingerprint density at radius 1 is 1.41 bits per heavy atom. The van der Waals surface area contributed by atoms with Crippen molar-refractivity contribution in [2.24, 2.45) is 5.92 Å². The third-order valence-electron chi connectivity index (χ3n) is 3.65. The zero-order chi connectivity index (χ0) is 16.5. The number of aliphatic hydroxyl groups is 1. The van der Waals surface area contributed by atoms with Crippen LogP contribution in [0.4, 0.5) is 0 Å². The molecule has 2 rings (SSSR count). The molecule has 122 valence electrons. The molecule has 22 heavy (non-hydrogen) atoms. The van der Waals surface area contributed by atoms with Crippen LogP contribution < -0.4 is 0 Å². The zero-order valence-electron chi connectivity index (χ0n) is 12.4. The SMILES string of the molecule is CN(C)S(=O)(=O)C[C@@H]1CN(C(=O)c2cncc(O)c2)C[C@H]1O. The summed E-state index contributed by atoms with van der Waals surface area (Å²) in [5.41, 5.74) is 0.198. The summed E-state index contributed by atoms with van der Waals surface area (Å²) in [4.78, 5) is 17.4. The number of β-amino-alcohol motifs (C(OH)–C–C–N with tert-alkyl or cyclic N) is 1. The number of nitrogens with zero attached hydrogens (tertiary/aromatic N) is 3. The van der Waals surface area contributed by atoms with E-state index in [9.17, 15) is 23.4 Å². The maximum atomic E-state index is 12.3. The third kappa shape index (κ3) is 3.54. The van der Waals surface area contributed by atoms with Crippen molar-refractivity contribution in [2.75, 3.05) is 32.9 Å². The minimum absolute atomic E-state index is 0.0576. The van der Waals surface area contributed by atoms with E-state index in [1.807, 2.05) is 0 Å². The zero-order valence-corrected chi connectivity index (χ0v) is 13.2. The monoisotopic (exact) mass is 329 g/mol. The number of hydrogen-bond acceptors (Lipinski definition) is 6. The summed E-state index contributed by atoms with van der Waals surface area (Å²) in [7, 11) is -0.595. The predicted molar refractivity (Wildman–Crippen MR) is 78.8 cm³/mol. The van der Waals surface area contributed by atoms with Crippen LogP contribution in [-0.2, 0) is 10.0 Å². The average Bonchev–Trinajstić information content (AvgIpc) is 2.78. The highest BCUT2D eigenvalue weighted by molar-refractivity contribution is 7.89. The van der Waals surface area contributed by atoms with Crippen molar-refractivity contribution in [3.63, 3.8) is 0 Å². The smallest absolute Gasteiger partial charge is 0.255 e. The lowest BCUT2D eigenvalue weighted by Crippen LogP contribution is -2.33. The normalized spacial score (nSPS) is 22.3. The van der Waals surface area contributed by atoms with Crippen molar-refractivity contribution < 1.29 is 23.4 Å². The number of aliphatic hydroxyl groups excluding tert-OH is 1. The highest BCUT2D eigenvalue weighted by Gasteiger charge is 2.37. The Kier molecular flexibility index (Phi) is 4.69. The first-order valence-corrected chi connectivity index (χ1v) is 8.33. The molecule has 1 aliphatic rings. The minimum Gasteiger partial charge on any atom is -0.506 e. The summed E-state index contributed by atoms with van der Waals surface area (Å²) in [6, 6.07) is 1.28. The molecule has 0 saturated carbocycles. The van der Waals surface area contributed by atoms with Crippen LogP contribution in [0.25, 0.3) is 0 Å². The van der Waals surface area contributed by atoms with Gasteiger partial charge in [-0.1, -0.05) is 0 Å². The van der Waals surface area contributed by atoms with Crippen molar-refractivity contribution in [2.45, 2.75) is 6.10 Å². The second kappa shape index (κ2) is 6.19. The van der Waals surface area contributed by atoms with E-state index in [2.05, 4.69) is 4.98 Å². The van der Waals surface area contributed by atoms with Crippen LogP contribution in [-0.4, -0.2) is 77.8 Å².